The molecule has 0 aromatic rings. The third-order valence-electron chi connectivity index (χ3n) is 12.3. The molecule has 1 atom stereocenters. The molecule has 0 amide bonds. The van der Waals surface area contributed by atoms with E-state index < -0.39 is 6.10 Å². The van der Waals surface area contributed by atoms with Crippen molar-refractivity contribution >= 4 is 17.9 Å². The second-order valence-corrected chi connectivity index (χ2v) is 19.2. The first-order chi connectivity index (χ1) is 34.0. The molecule has 0 aromatic carbocycles. The number of hydrogen-bond acceptors (Lipinski definition) is 6. The molecule has 6 heteroatoms. The molecule has 0 bridgehead atoms. The van der Waals surface area contributed by atoms with Gasteiger partial charge in [-0.3, -0.25) is 14.4 Å². The van der Waals surface area contributed by atoms with E-state index in [1.807, 2.05) is 0 Å². The Hall–Kier alpha value is -3.41. The molecule has 396 valence electrons. The minimum atomic E-state index is -0.795. The molecule has 0 aliphatic rings. The normalized spacial score (nSPS) is 12.7. The van der Waals surface area contributed by atoms with Gasteiger partial charge in [0, 0.05) is 19.3 Å². The van der Waals surface area contributed by atoms with Crippen LogP contribution in [-0.4, -0.2) is 37.2 Å². The summed E-state index contributed by atoms with van der Waals surface area (Å²) in [5.41, 5.74) is 0. The number of rotatable bonds is 52. The molecule has 0 aromatic heterocycles. The average molecular weight is 962 g/mol. The molecular weight excluding hydrogens is 853 g/mol. The first kappa shape index (κ1) is 65.6. The molecule has 6 nitrogen and oxygen atoms in total. The Bertz CT molecular complexity index is 1330. The van der Waals surface area contributed by atoms with Crippen LogP contribution in [0.5, 0.6) is 0 Å². The summed E-state index contributed by atoms with van der Waals surface area (Å²) < 4.78 is 16.9. The summed E-state index contributed by atoms with van der Waals surface area (Å²) in [6.07, 6.45) is 74.2. The van der Waals surface area contributed by atoms with Crippen LogP contribution < -0.4 is 0 Å². The highest BCUT2D eigenvalue weighted by Crippen LogP contribution is 2.14. The van der Waals surface area contributed by atoms with Gasteiger partial charge in [0.2, 0.25) is 0 Å². The van der Waals surface area contributed by atoms with Crippen LogP contribution in [0.4, 0.5) is 0 Å². The maximum atomic E-state index is 12.9. The lowest BCUT2D eigenvalue weighted by Gasteiger charge is -2.18. The number of unbranched alkanes of at least 4 members (excludes halogenated alkanes) is 27. The molecule has 0 rings (SSSR count). The van der Waals surface area contributed by atoms with Gasteiger partial charge in [-0.25, -0.2) is 0 Å². The summed E-state index contributed by atoms with van der Waals surface area (Å²) in [5.74, 6) is -0.923. The van der Waals surface area contributed by atoms with Crippen LogP contribution in [0, 0.1) is 0 Å². The quantitative estimate of drug-likeness (QED) is 0.0262. The van der Waals surface area contributed by atoms with Crippen LogP contribution in [0.1, 0.15) is 278 Å². The molecule has 0 radical (unpaired) electrons. The number of esters is 3. The minimum absolute atomic E-state index is 0.0913. The van der Waals surface area contributed by atoms with E-state index >= 15 is 0 Å². The van der Waals surface area contributed by atoms with Crippen molar-refractivity contribution in [3.63, 3.8) is 0 Å². The van der Waals surface area contributed by atoms with E-state index in [2.05, 4.69) is 106 Å². The molecule has 0 fully saturated rings. The predicted molar refractivity (Wildman–Crippen MR) is 297 cm³/mol. The van der Waals surface area contributed by atoms with Crippen molar-refractivity contribution in [3.05, 3.63) is 85.1 Å². The number of carbonyl (C=O) groups excluding carboxylic acids is 3. The Kier molecular flexibility index (Phi) is 54.3. The fraction of sp³-hybridized carbons (Fsp3) is 0.730. The topological polar surface area (TPSA) is 78.9 Å². The third kappa shape index (κ3) is 55.4. The van der Waals surface area contributed by atoms with E-state index in [0.29, 0.717) is 19.3 Å². The zero-order valence-corrected chi connectivity index (χ0v) is 45.3. The van der Waals surface area contributed by atoms with E-state index in [1.54, 1.807) is 0 Å². The second-order valence-electron chi connectivity index (χ2n) is 19.2. The molecule has 0 heterocycles. The molecule has 69 heavy (non-hydrogen) atoms. The average Bonchev–Trinajstić information content (AvgIpc) is 3.35. The van der Waals surface area contributed by atoms with Crippen molar-refractivity contribution in [2.24, 2.45) is 0 Å². The van der Waals surface area contributed by atoms with Crippen LogP contribution >= 0.6 is 0 Å². The van der Waals surface area contributed by atoms with Crippen molar-refractivity contribution in [1.29, 1.82) is 0 Å². The van der Waals surface area contributed by atoms with E-state index in [1.165, 1.54) is 128 Å². The van der Waals surface area contributed by atoms with Crippen molar-refractivity contribution < 1.29 is 28.6 Å². The Labute approximate surface area is 426 Å². The van der Waals surface area contributed by atoms with Crippen LogP contribution in [0.3, 0.4) is 0 Å². The number of carbonyl (C=O) groups is 3. The fourth-order valence-corrected chi connectivity index (χ4v) is 7.92. The van der Waals surface area contributed by atoms with Crippen LogP contribution in [-0.2, 0) is 28.6 Å². The number of hydrogen-bond donors (Lipinski definition) is 0. The van der Waals surface area contributed by atoms with Crippen LogP contribution in [0.15, 0.2) is 85.1 Å². The summed E-state index contributed by atoms with van der Waals surface area (Å²) in [6.45, 7) is 6.54. The minimum Gasteiger partial charge on any atom is -0.462 e. The van der Waals surface area contributed by atoms with Crippen molar-refractivity contribution in [1.82, 2.24) is 0 Å². The zero-order valence-electron chi connectivity index (χ0n) is 45.3. The molecule has 0 aliphatic carbocycles. The summed E-state index contributed by atoms with van der Waals surface area (Å²) in [6, 6.07) is 0. The van der Waals surface area contributed by atoms with Gasteiger partial charge in [0.05, 0.1) is 0 Å². The summed E-state index contributed by atoms with van der Waals surface area (Å²) in [7, 11) is 0. The SMILES string of the molecule is CCCCC/C=C\C/C=C\C/C=C\CCCCCCC(=O)OC[C@@H](COC(=O)CCCCCCCCC/C=C\C/C=C\CCCCC)OC(=O)CCCCCCCCC/C=C\C/C=C\CCCCC. The lowest BCUT2D eigenvalue weighted by Crippen LogP contribution is -2.30. The summed E-state index contributed by atoms with van der Waals surface area (Å²) in [4.78, 5) is 38.2. The summed E-state index contributed by atoms with van der Waals surface area (Å²) in [5, 5.41) is 0. The van der Waals surface area contributed by atoms with Gasteiger partial charge in [0.15, 0.2) is 6.10 Å². The van der Waals surface area contributed by atoms with Crippen molar-refractivity contribution in [2.45, 2.75) is 284 Å². The number of ether oxygens (including phenoxy) is 3. The largest absolute Gasteiger partial charge is 0.462 e. The van der Waals surface area contributed by atoms with Gasteiger partial charge in [-0.1, -0.05) is 221 Å². The predicted octanol–water partition coefficient (Wildman–Crippen LogP) is 19.5. The van der Waals surface area contributed by atoms with E-state index in [4.69, 9.17) is 14.2 Å². The van der Waals surface area contributed by atoms with Gasteiger partial charge in [-0.15, -0.1) is 0 Å². The Morgan fingerprint density at radius 1 is 0.290 bits per heavy atom. The second kappa shape index (κ2) is 57.2. The summed E-state index contributed by atoms with van der Waals surface area (Å²) >= 11 is 0. The molecule has 0 unspecified atom stereocenters. The molecule has 0 aliphatic heterocycles. The van der Waals surface area contributed by atoms with E-state index in [9.17, 15) is 14.4 Å². The van der Waals surface area contributed by atoms with Gasteiger partial charge < -0.3 is 14.2 Å². The van der Waals surface area contributed by atoms with Crippen LogP contribution in [0.25, 0.3) is 0 Å². The van der Waals surface area contributed by atoms with Gasteiger partial charge in [-0.2, -0.15) is 0 Å². The monoisotopic (exact) mass is 961 g/mol. The van der Waals surface area contributed by atoms with Gasteiger partial charge in [0.1, 0.15) is 13.2 Å². The lowest BCUT2D eigenvalue weighted by molar-refractivity contribution is -0.167. The van der Waals surface area contributed by atoms with E-state index in [0.717, 1.165) is 109 Å². The first-order valence-electron chi connectivity index (χ1n) is 29.1. The third-order valence-corrected chi connectivity index (χ3v) is 12.3. The highest BCUT2D eigenvalue weighted by molar-refractivity contribution is 5.71. The molecule has 0 spiro atoms. The molecule has 0 N–H and O–H groups in total. The molecule has 0 saturated carbocycles. The Balaban J connectivity index is 4.45. The first-order valence-corrected chi connectivity index (χ1v) is 29.1. The maximum Gasteiger partial charge on any atom is 0.306 e. The van der Waals surface area contributed by atoms with Crippen molar-refractivity contribution in [3.8, 4) is 0 Å². The number of allylic oxidation sites excluding steroid dienone is 14. The Morgan fingerprint density at radius 2 is 0.522 bits per heavy atom. The Morgan fingerprint density at radius 3 is 0.812 bits per heavy atom. The van der Waals surface area contributed by atoms with E-state index in [-0.39, 0.29) is 31.1 Å². The fourth-order valence-electron chi connectivity index (χ4n) is 7.92. The highest BCUT2D eigenvalue weighted by Gasteiger charge is 2.19. The smallest absolute Gasteiger partial charge is 0.306 e. The van der Waals surface area contributed by atoms with Gasteiger partial charge >= 0.3 is 17.9 Å². The highest BCUT2D eigenvalue weighted by atomic mass is 16.6. The lowest BCUT2D eigenvalue weighted by atomic mass is 10.1. The van der Waals surface area contributed by atoms with Gasteiger partial charge in [0.25, 0.3) is 0 Å². The van der Waals surface area contributed by atoms with Crippen LogP contribution in [0.2, 0.25) is 0 Å². The van der Waals surface area contributed by atoms with Crippen molar-refractivity contribution in [2.75, 3.05) is 13.2 Å². The maximum absolute atomic E-state index is 12.9. The standard InChI is InChI=1S/C63H108O6/c1-4-7-10-13-16-19-22-25-28-31-34-37-40-43-46-49-52-55-61(64)67-58-60(69-63(66)57-54-51-48-45-42-39-36-33-30-27-24-21-18-15-12-9-6-3)59-68-62(65)56-53-50-47-44-41-38-35-32-29-26-23-20-17-14-11-8-5-2/h16-21,25-30,34,37,60H,4-15,22-24,31-33,35-36,38-59H2,1-3H3/b19-16-,20-17-,21-18-,28-25-,29-26-,30-27-,37-34-/t60-/m0/s1. The molecular formula is C63H108O6. The molecule has 0 saturated heterocycles. The zero-order chi connectivity index (χ0) is 50.0. The van der Waals surface area contributed by atoms with Gasteiger partial charge in [-0.05, 0) is 122 Å².